The van der Waals surface area contributed by atoms with Gasteiger partial charge in [-0.2, -0.15) is 9.40 Å². The standard InChI is InChI=1S/C22H33N3O2S/c1-17(2)25(19-14-10-7-11-15-19)28(26,27)20-16-24(18-12-8-6-9-13-18)23-21(20)22(3,4)5/h6,8-9,12-13,16-17,19H,7,10-11,14-15H2,1-5H3. The first-order valence-corrected chi connectivity index (χ1v) is 11.8. The molecule has 1 aromatic heterocycles. The van der Waals surface area contributed by atoms with Crippen LogP contribution in [0.3, 0.4) is 0 Å². The third-order valence-electron chi connectivity index (χ3n) is 5.41. The van der Waals surface area contributed by atoms with Gasteiger partial charge in [-0.25, -0.2) is 13.1 Å². The average Bonchev–Trinajstić information content (AvgIpc) is 3.10. The number of hydrogen-bond acceptors (Lipinski definition) is 3. The lowest BCUT2D eigenvalue weighted by atomic mass is 9.92. The molecule has 0 saturated heterocycles. The maximum absolute atomic E-state index is 13.9. The van der Waals surface area contributed by atoms with E-state index >= 15 is 0 Å². The number of aromatic nitrogens is 2. The van der Waals surface area contributed by atoms with Crippen molar-refractivity contribution in [2.75, 3.05) is 0 Å². The molecule has 0 bridgehead atoms. The maximum Gasteiger partial charge on any atom is 0.247 e. The molecule has 154 valence electrons. The fourth-order valence-corrected chi connectivity index (χ4v) is 6.33. The molecular formula is C22H33N3O2S. The zero-order valence-corrected chi connectivity index (χ0v) is 18.5. The van der Waals surface area contributed by atoms with Gasteiger partial charge in [-0.05, 0) is 38.8 Å². The first kappa shape index (κ1) is 21.1. The summed E-state index contributed by atoms with van der Waals surface area (Å²) in [6.45, 7) is 10.0. The van der Waals surface area contributed by atoms with E-state index < -0.39 is 10.0 Å². The van der Waals surface area contributed by atoms with Crippen LogP contribution in [0.15, 0.2) is 41.4 Å². The Morgan fingerprint density at radius 2 is 1.68 bits per heavy atom. The van der Waals surface area contributed by atoms with Gasteiger partial charge in [0, 0.05) is 17.5 Å². The summed E-state index contributed by atoms with van der Waals surface area (Å²) in [7, 11) is -3.65. The van der Waals surface area contributed by atoms with Gasteiger partial charge in [0.15, 0.2) is 0 Å². The lowest BCUT2D eigenvalue weighted by Crippen LogP contribution is -2.46. The van der Waals surface area contributed by atoms with Crippen molar-refractivity contribution < 1.29 is 8.42 Å². The summed E-state index contributed by atoms with van der Waals surface area (Å²) < 4.78 is 31.2. The number of para-hydroxylation sites is 1. The maximum atomic E-state index is 13.9. The Morgan fingerprint density at radius 1 is 1.07 bits per heavy atom. The van der Waals surface area contributed by atoms with Crippen LogP contribution >= 0.6 is 0 Å². The van der Waals surface area contributed by atoms with E-state index in [-0.39, 0.29) is 17.5 Å². The van der Waals surface area contributed by atoms with E-state index in [1.807, 2.05) is 65.0 Å². The second-order valence-electron chi connectivity index (χ2n) is 9.09. The van der Waals surface area contributed by atoms with E-state index in [1.54, 1.807) is 15.2 Å². The predicted octanol–water partition coefficient (Wildman–Crippen LogP) is 4.90. The normalized spacial score (nSPS) is 16.8. The van der Waals surface area contributed by atoms with Gasteiger partial charge in [0.1, 0.15) is 4.90 Å². The van der Waals surface area contributed by atoms with Gasteiger partial charge in [-0.15, -0.1) is 0 Å². The van der Waals surface area contributed by atoms with Crippen molar-refractivity contribution in [1.29, 1.82) is 0 Å². The van der Waals surface area contributed by atoms with E-state index in [9.17, 15) is 8.42 Å². The van der Waals surface area contributed by atoms with Gasteiger partial charge < -0.3 is 0 Å². The molecular weight excluding hydrogens is 370 g/mol. The molecule has 28 heavy (non-hydrogen) atoms. The van der Waals surface area contributed by atoms with Crippen molar-refractivity contribution in [3.8, 4) is 5.69 Å². The topological polar surface area (TPSA) is 55.2 Å². The van der Waals surface area contributed by atoms with Crippen LogP contribution in [0.4, 0.5) is 0 Å². The van der Waals surface area contributed by atoms with Crippen LogP contribution < -0.4 is 0 Å². The number of benzene rings is 1. The molecule has 2 aromatic rings. The Hall–Kier alpha value is -1.66. The van der Waals surface area contributed by atoms with E-state index in [0.29, 0.717) is 10.6 Å². The summed E-state index contributed by atoms with van der Waals surface area (Å²) in [5.74, 6) is 0. The summed E-state index contributed by atoms with van der Waals surface area (Å²) in [6.07, 6.45) is 6.97. The largest absolute Gasteiger partial charge is 0.247 e. The molecule has 1 aliphatic carbocycles. The third-order valence-corrected chi connectivity index (χ3v) is 7.54. The highest BCUT2D eigenvalue weighted by atomic mass is 32.2. The zero-order valence-electron chi connectivity index (χ0n) is 17.7. The molecule has 0 amide bonds. The van der Waals surface area contributed by atoms with Crippen LogP contribution in [0, 0.1) is 0 Å². The van der Waals surface area contributed by atoms with Crippen molar-refractivity contribution in [3.05, 3.63) is 42.2 Å². The summed E-state index contributed by atoms with van der Waals surface area (Å²) >= 11 is 0. The zero-order chi connectivity index (χ0) is 20.5. The summed E-state index contributed by atoms with van der Waals surface area (Å²) in [4.78, 5) is 0.336. The van der Waals surface area contributed by atoms with E-state index in [0.717, 1.165) is 31.4 Å². The number of sulfonamides is 1. The average molecular weight is 404 g/mol. The first-order chi connectivity index (χ1) is 13.1. The Balaban J connectivity index is 2.12. The Bertz CT molecular complexity index is 890. The summed E-state index contributed by atoms with van der Waals surface area (Å²) in [5, 5.41) is 4.72. The smallest absolute Gasteiger partial charge is 0.239 e. The molecule has 1 saturated carbocycles. The molecule has 0 N–H and O–H groups in total. The second-order valence-corrected chi connectivity index (χ2v) is 10.9. The molecule has 5 nitrogen and oxygen atoms in total. The SMILES string of the molecule is CC(C)N(C1CCCCC1)S(=O)(=O)c1cn(-c2ccccc2)nc1C(C)(C)C. The van der Waals surface area contributed by atoms with E-state index in [1.165, 1.54) is 6.42 Å². The van der Waals surface area contributed by atoms with Gasteiger partial charge in [0.25, 0.3) is 0 Å². The molecule has 1 heterocycles. The quantitative estimate of drug-likeness (QED) is 0.713. The van der Waals surface area contributed by atoms with Gasteiger partial charge in [-0.3, -0.25) is 0 Å². The Morgan fingerprint density at radius 3 is 2.21 bits per heavy atom. The van der Waals surface area contributed by atoms with Crippen LogP contribution in [0.2, 0.25) is 0 Å². The van der Waals surface area contributed by atoms with Gasteiger partial charge in [0.05, 0.1) is 17.6 Å². The molecule has 0 atom stereocenters. The lowest BCUT2D eigenvalue weighted by molar-refractivity contribution is 0.219. The van der Waals surface area contributed by atoms with Crippen LogP contribution in [-0.4, -0.2) is 34.6 Å². The number of hydrogen-bond donors (Lipinski definition) is 0. The van der Waals surface area contributed by atoms with Crippen molar-refractivity contribution in [1.82, 2.24) is 14.1 Å². The van der Waals surface area contributed by atoms with E-state index in [4.69, 9.17) is 5.10 Å². The van der Waals surface area contributed by atoms with Crippen LogP contribution in [0.25, 0.3) is 5.69 Å². The van der Waals surface area contributed by atoms with Crippen LogP contribution in [-0.2, 0) is 15.4 Å². The molecule has 1 aliphatic rings. The predicted molar refractivity (Wildman–Crippen MR) is 113 cm³/mol. The number of rotatable bonds is 5. The minimum Gasteiger partial charge on any atom is -0.239 e. The fourth-order valence-electron chi connectivity index (χ4n) is 4.12. The lowest BCUT2D eigenvalue weighted by Gasteiger charge is -2.36. The summed E-state index contributed by atoms with van der Waals surface area (Å²) in [6, 6.07) is 9.69. The summed E-state index contributed by atoms with van der Waals surface area (Å²) in [5.41, 5.74) is 1.11. The second kappa shape index (κ2) is 7.99. The van der Waals surface area contributed by atoms with E-state index in [2.05, 4.69) is 0 Å². The highest BCUT2D eigenvalue weighted by molar-refractivity contribution is 7.89. The minimum atomic E-state index is -3.65. The van der Waals surface area contributed by atoms with Gasteiger partial charge in [0.2, 0.25) is 10.0 Å². The molecule has 3 rings (SSSR count). The van der Waals surface area contributed by atoms with Gasteiger partial charge >= 0.3 is 0 Å². The fraction of sp³-hybridized carbons (Fsp3) is 0.591. The highest BCUT2D eigenvalue weighted by Crippen LogP contribution is 2.34. The minimum absolute atomic E-state index is 0.0756. The first-order valence-electron chi connectivity index (χ1n) is 10.3. The molecule has 6 heteroatoms. The van der Waals surface area contributed by atoms with Gasteiger partial charge in [-0.1, -0.05) is 58.2 Å². The van der Waals surface area contributed by atoms with Crippen molar-refractivity contribution >= 4 is 10.0 Å². The van der Waals surface area contributed by atoms with Crippen molar-refractivity contribution in [2.45, 2.75) is 89.1 Å². The van der Waals surface area contributed by atoms with Crippen molar-refractivity contribution in [3.63, 3.8) is 0 Å². The number of nitrogens with zero attached hydrogens (tertiary/aromatic N) is 3. The molecule has 0 radical (unpaired) electrons. The Labute approximate surface area is 169 Å². The van der Waals surface area contributed by atoms with Crippen LogP contribution in [0.5, 0.6) is 0 Å². The van der Waals surface area contributed by atoms with Crippen molar-refractivity contribution in [2.24, 2.45) is 0 Å². The molecule has 0 spiro atoms. The Kier molecular flexibility index (Phi) is 6.01. The molecule has 0 unspecified atom stereocenters. The third kappa shape index (κ3) is 4.18. The monoisotopic (exact) mass is 403 g/mol. The molecule has 1 aromatic carbocycles. The molecule has 0 aliphatic heterocycles. The van der Waals surface area contributed by atoms with Crippen LogP contribution in [0.1, 0.15) is 72.4 Å². The highest BCUT2D eigenvalue weighted by Gasteiger charge is 2.39. The molecule has 1 fully saturated rings.